The summed E-state index contributed by atoms with van der Waals surface area (Å²) in [5.41, 5.74) is 6.47. The van der Waals surface area contributed by atoms with Crippen LogP contribution in [0.1, 0.15) is 5.56 Å². The van der Waals surface area contributed by atoms with Gasteiger partial charge in [0.25, 0.3) is 0 Å². The topological polar surface area (TPSA) is 35.2 Å². The lowest BCUT2D eigenvalue weighted by Gasteiger charge is -2.10. The number of ether oxygens (including phenoxy) is 1. The predicted octanol–water partition coefficient (Wildman–Crippen LogP) is 4.90. The monoisotopic (exact) mass is 301 g/mol. The minimum absolute atomic E-state index is 0.432. The van der Waals surface area contributed by atoms with Crippen LogP contribution in [0.25, 0.3) is 0 Å². The van der Waals surface area contributed by atoms with E-state index in [1.165, 1.54) is 0 Å². The summed E-state index contributed by atoms with van der Waals surface area (Å²) >= 11 is 17.9. The molecule has 0 radical (unpaired) electrons. The molecule has 0 atom stereocenters. The molecule has 0 fully saturated rings. The summed E-state index contributed by atoms with van der Waals surface area (Å²) in [5, 5.41) is 1.47. The molecule has 0 amide bonds. The zero-order valence-corrected chi connectivity index (χ0v) is 11.6. The van der Waals surface area contributed by atoms with Crippen LogP contribution in [-0.4, -0.2) is 0 Å². The number of hydrogen-bond acceptors (Lipinski definition) is 2. The molecule has 0 unspecified atom stereocenters. The van der Waals surface area contributed by atoms with Crippen LogP contribution in [0.15, 0.2) is 36.4 Å². The third-order valence-electron chi connectivity index (χ3n) is 2.35. The molecule has 94 valence electrons. The zero-order chi connectivity index (χ0) is 13.1. The third-order valence-corrected chi connectivity index (χ3v) is 3.17. The molecule has 18 heavy (non-hydrogen) atoms. The molecule has 2 aromatic carbocycles. The molecule has 0 aliphatic carbocycles. The van der Waals surface area contributed by atoms with Gasteiger partial charge in [-0.3, -0.25) is 0 Å². The smallest absolute Gasteiger partial charge is 0.146 e. The number of hydrogen-bond donors (Lipinski definition) is 1. The molecule has 0 bridgehead atoms. The summed E-state index contributed by atoms with van der Waals surface area (Å²) < 4.78 is 5.63. The van der Waals surface area contributed by atoms with Gasteiger partial charge in [-0.25, -0.2) is 0 Å². The summed E-state index contributed by atoms with van der Waals surface area (Å²) in [4.78, 5) is 0. The van der Waals surface area contributed by atoms with Gasteiger partial charge in [0.2, 0.25) is 0 Å². The van der Waals surface area contributed by atoms with Crippen LogP contribution in [0.2, 0.25) is 15.1 Å². The Hall–Kier alpha value is -0.930. The summed E-state index contributed by atoms with van der Waals surface area (Å²) in [5.74, 6) is 1.03. The van der Waals surface area contributed by atoms with Crippen LogP contribution in [-0.2, 0) is 6.54 Å². The van der Waals surface area contributed by atoms with Gasteiger partial charge in [0.15, 0.2) is 0 Å². The molecule has 0 aliphatic heterocycles. The SMILES string of the molecule is NCc1ccc(Oc2ccc(Cl)cc2Cl)c(Cl)c1. The van der Waals surface area contributed by atoms with Gasteiger partial charge in [0, 0.05) is 11.6 Å². The summed E-state index contributed by atoms with van der Waals surface area (Å²) in [6.45, 7) is 0.432. The lowest BCUT2D eigenvalue weighted by atomic mass is 10.2. The molecule has 0 aliphatic rings. The third kappa shape index (κ3) is 3.09. The first-order valence-corrected chi connectivity index (χ1v) is 6.35. The van der Waals surface area contributed by atoms with Crippen molar-refractivity contribution < 1.29 is 4.74 Å². The molecule has 2 nitrogen and oxygen atoms in total. The molecular weight excluding hydrogens is 293 g/mol. The van der Waals surface area contributed by atoms with Crippen molar-refractivity contribution in [2.24, 2.45) is 5.73 Å². The molecule has 5 heteroatoms. The Morgan fingerprint density at radius 2 is 1.50 bits per heavy atom. The van der Waals surface area contributed by atoms with E-state index in [4.69, 9.17) is 45.3 Å². The van der Waals surface area contributed by atoms with E-state index in [2.05, 4.69) is 0 Å². The lowest BCUT2D eigenvalue weighted by Crippen LogP contribution is -1.96. The van der Waals surface area contributed by atoms with Gasteiger partial charge < -0.3 is 10.5 Å². The fourth-order valence-corrected chi connectivity index (χ4v) is 2.12. The van der Waals surface area contributed by atoms with Crippen molar-refractivity contribution in [2.75, 3.05) is 0 Å². The van der Waals surface area contributed by atoms with Crippen molar-refractivity contribution in [1.82, 2.24) is 0 Å². The maximum absolute atomic E-state index is 6.09. The Kier molecular flexibility index (Phi) is 4.36. The normalized spacial score (nSPS) is 10.4. The molecule has 2 rings (SSSR count). The van der Waals surface area contributed by atoms with Gasteiger partial charge in [-0.2, -0.15) is 0 Å². The molecular formula is C13H10Cl3NO. The highest BCUT2D eigenvalue weighted by atomic mass is 35.5. The van der Waals surface area contributed by atoms with Crippen LogP contribution in [0.4, 0.5) is 0 Å². The van der Waals surface area contributed by atoms with Crippen molar-refractivity contribution in [2.45, 2.75) is 6.54 Å². The quantitative estimate of drug-likeness (QED) is 0.875. The van der Waals surface area contributed by atoms with E-state index in [1.54, 1.807) is 30.3 Å². The maximum Gasteiger partial charge on any atom is 0.146 e. The van der Waals surface area contributed by atoms with Gasteiger partial charge in [-0.15, -0.1) is 0 Å². The van der Waals surface area contributed by atoms with Gasteiger partial charge in [-0.05, 0) is 35.9 Å². The van der Waals surface area contributed by atoms with Crippen LogP contribution < -0.4 is 10.5 Å². The molecule has 0 spiro atoms. The molecule has 0 heterocycles. The summed E-state index contributed by atoms with van der Waals surface area (Å²) in [6, 6.07) is 10.4. The summed E-state index contributed by atoms with van der Waals surface area (Å²) in [6.07, 6.45) is 0. The fourth-order valence-electron chi connectivity index (χ4n) is 1.43. The average Bonchev–Trinajstić information content (AvgIpc) is 2.34. The van der Waals surface area contributed by atoms with Crippen molar-refractivity contribution in [3.8, 4) is 11.5 Å². The summed E-state index contributed by atoms with van der Waals surface area (Å²) in [7, 11) is 0. The van der Waals surface area contributed by atoms with Crippen LogP contribution in [0.5, 0.6) is 11.5 Å². The molecule has 2 aromatic rings. The Bertz CT molecular complexity index is 572. The fraction of sp³-hybridized carbons (Fsp3) is 0.0769. The second kappa shape index (κ2) is 5.81. The predicted molar refractivity (Wildman–Crippen MR) is 75.9 cm³/mol. The van der Waals surface area contributed by atoms with Crippen LogP contribution in [0, 0.1) is 0 Å². The Morgan fingerprint density at radius 3 is 2.06 bits per heavy atom. The minimum atomic E-state index is 0.432. The minimum Gasteiger partial charge on any atom is -0.454 e. The zero-order valence-electron chi connectivity index (χ0n) is 9.29. The number of nitrogens with two attached hydrogens (primary N) is 1. The van der Waals surface area contributed by atoms with E-state index in [9.17, 15) is 0 Å². The van der Waals surface area contributed by atoms with Crippen LogP contribution >= 0.6 is 34.8 Å². The first-order chi connectivity index (χ1) is 8.60. The molecule has 0 aromatic heterocycles. The molecule has 0 saturated heterocycles. The molecule has 0 saturated carbocycles. The first-order valence-electron chi connectivity index (χ1n) is 5.21. The van der Waals surface area contributed by atoms with E-state index in [-0.39, 0.29) is 0 Å². The number of benzene rings is 2. The Balaban J connectivity index is 2.28. The van der Waals surface area contributed by atoms with Crippen molar-refractivity contribution in [3.05, 3.63) is 57.0 Å². The van der Waals surface area contributed by atoms with Crippen molar-refractivity contribution >= 4 is 34.8 Å². The Labute approximate surface area is 120 Å². The first kappa shape index (κ1) is 13.5. The second-order valence-corrected chi connectivity index (χ2v) is 4.90. The van der Waals surface area contributed by atoms with Crippen molar-refractivity contribution in [1.29, 1.82) is 0 Å². The second-order valence-electron chi connectivity index (χ2n) is 3.65. The van der Waals surface area contributed by atoms with Gasteiger partial charge in [-0.1, -0.05) is 40.9 Å². The van der Waals surface area contributed by atoms with E-state index in [1.807, 2.05) is 6.07 Å². The highest BCUT2D eigenvalue weighted by Gasteiger charge is 2.07. The lowest BCUT2D eigenvalue weighted by molar-refractivity contribution is 0.483. The van der Waals surface area contributed by atoms with Crippen molar-refractivity contribution in [3.63, 3.8) is 0 Å². The van der Waals surface area contributed by atoms with Gasteiger partial charge in [0.05, 0.1) is 10.0 Å². The van der Waals surface area contributed by atoms with E-state index in [0.717, 1.165) is 5.56 Å². The standard InChI is InChI=1S/C13H10Cl3NO/c14-9-2-4-13(11(16)6-9)18-12-3-1-8(7-17)5-10(12)15/h1-6H,7,17H2. The van der Waals surface area contributed by atoms with E-state index >= 15 is 0 Å². The van der Waals surface area contributed by atoms with E-state index < -0.39 is 0 Å². The van der Waals surface area contributed by atoms with Gasteiger partial charge in [0.1, 0.15) is 11.5 Å². The Morgan fingerprint density at radius 1 is 0.889 bits per heavy atom. The highest BCUT2D eigenvalue weighted by Crippen LogP contribution is 2.35. The average molecular weight is 303 g/mol. The number of rotatable bonds is 3. The van der Waals surface area contributed by atoms with Gasteiger partial charge >= 0.3 is 0 Å². The highest BCUT2D eigenvalue weighted by molar-refractivity contribution is 6.35. The largest absolute Gasteiger partial charge is 0.454 e. The molecule has 2 N–H and O–H groups in total. The maximum atomic E-state index is 6.09. The van der Waals surface area contributed by atoms with E-state index in [0.29, 0.717) is 33.1 Å². The number of halogens is 3. The van der Waals surface area contributed by atoms with Crippen LogP contribution in [0.3, 0.4) is 0 Å².